The van der Waals surface area contributed by atoms with Crippen molar-refractivity contribution in [3.63, 3.8) is 0 Å². The minimum atomic E-state index is 0.117. The Morgan fingerprint density at radius 2 is 1.89 bits per heavy atom. The lowest BCUT2D eigenvalue weighted by molar-refractivity contribution is 0.329. The van der Waals surface area contributed by atoms with E-state index in [1.54, 1.807) is 0 Å². The summed E-state index contributed by atoms with van der Waals surface area (Å²) < 4.78 is 5.30. The van der Waals surface area contributed by atoms with Crippen molar-refractivity contribution < 1.29 is 4.74 Å². The fourth-order valence-electron chi connectivity index (χ4n) is 1.47. The standard InChI is InChI=1S/C12H15N5O/c1-2-18-11-9(13)10(16-12(14)17-11)15-8-6-4-3-5-7-8/h3-7H,2,13H2,1H3,(H3,14,15,16,17). The van der Waals surface area contributed by atoms with E-state index in [0.29, 0.717) is 24.0 Å². The number of para-hydroxylation sites is 1. The Bertz CT molecular complexity index is 529. The first kappa shape index (κ1) is 12.0. The van der Waals surface area contributed by atoms with Gasteiger partial charge in [-0.15, -0.1) is 0 Å². The minimum absolute atomic E-state index is 0.117. The summed E-state index contributed by atoms with van der Waals surface area (Å²) in [5.74, 6) is 0.853. The monoisotopic (exact) mass is 245 g/mol. The van der Waals surface area contributed by atoms with Gasteiger partial charge in [0.05, 0.1) is 6.61 Å². The first-order valence-corrected chi connectivity index (χ1v) is 5.58. The van der Waals surface area contributed by atoms with E-state index in [1.807, 2.05) is 37.3 Å². The molecule has 2 aromatic rings. The van der Waals surface area contributed by atoms with Gasteiger partial charge in [-0.1, -0.05) is 18.2 Å². The number of rotatable bonds is 4. The molecule has 1 heterocycles. The molecule has 0 aliphatic heterocycles. The molecule has 0 atom stereocenters. The van der Waals surface area contributed by atoms with Crippen molar-refractivity contribution in [1.29, 1.82) is 0 Å². The van der Waals surface area contributed by atoms with E-state index in [-0.39, 0.29) is 5.95 Å². The van der Waals surface area contributed by atoms with E-state index in [1.165, 1.54) is 0 Å². The second-order valence-electron chi connectivity index (χ2n) is 3.57. The first-order valence-electron chi connectivity index (χ1n) is 5.58. The lowest BCUT2D eigenvalue weighted by atomic mass is 10.3. The summed E-state index contributed by atoms with van der Waals surface area (Å²) in [6.07, 6.45) is 0. The molecule has 94 valence electrons. The van der Waals surface area contributed by atoms with Gasteiger partial charge < -0.3 is 21.5 Å². The predicted molar refractivity (Wildman–Crippen MR) is 71.8 cm³/mol. The van der Waals surface area contributed by atoms with Gasteiger partial charge in [-0.3, -0.25) is 0 Å². The summed E-state index contributed by atoms with van der Waals surface area (Å²) in [6.45, 7) is 2.31. The van der Waals surface area contributed by atoms with Crippen molar-refractivity contribution in [3.8, 4) is 5.88 Å². The molecule has 0 bridgehead atoms. The highest BCUT2D eigenvalue weighted by Crippen LogP contribution is 2.29. The van der Waals surface area contributed by atoms with Crippen molar-refractivity contribution in [2.45, 2.75) is 6.92 Å². The van der Waals surface area contributed by atoms with Crippen LogP contribution in [0.1, 0.15) is 6.92 Å². The molecule has 18 heavy (non-hydrogen) atoms. The van der Waals surface area contributed by atoms with Gasteiger partial charge in [0.2, 0.25) is 11.8 Å². The first-order chi connectivity index (χ1) is 8.70. The number of anilines is 4. The van der Waals surface area contributed by atoms with Crippen molar-refractivity contribution in [2.75, 3.05) is 23.4 Å². The predicted octanol–water partition coefficient (Wildman–Crippen LogP) is 1.78. The number of ether oxygens (including phenoxy) is 1. The lowest BCUT2D eigenvalue weighted by Crippen LogP contribution is -2.08. The number of nitrogens with one attached hydrogen (secondary N) is 1. The normalized spacial score (nSPS) is 10.1. The molecule has 0 unspecified atom stereocenters. The van der Waals surface area contributed by atoms with E-state index in [2.05, 4.69) is 15.3 Å². The van der Waals surface area contributed by atoms with Crippen LogP contribution in [0.25, 0.3) is 0 Å². The highest BCUT2D eigenvalue weighted by molar-refractivity contribution is 5.73. The van der Waals surface area contributed by atoms with E-state index < -0.39 is 0 Å². The van der Waals surface area contributed by atoms with Crippen LogP contribution in [0.2, 0.25) is 0 Å². The van der Waals surface area contributed by atoms with Crippen molar-refractivity contribution in [2.24, 2.45) is 0 Å². The molecule has 0 radical (unpaired) electrons. The average molecular weight is 245 g/mol. The van der Waals surface area contributed by atoms with E-state index in [0.717, 1.165) is 5.69 Å². The third kappa shape index (κ3) is 2.60. The average Bonchev–Trinajstić information content (AvgIpc) is 2.36. The van der Waals surface area contributed by atoms with Crippen LogP contribution < -0.4 is 21.5 Å². The van der Waals surface area contributed by atoms with E-state index in [4.69, 9.17) is 16.2 Å². The molecule has 1 aromatic heterocycles. The molecule has 1 aromatic carbocycles. The third-order valence-corrected chi connectivity index (χ3v) is 2.25. The molecule has 5 N–H and O–H groups in total. The molecular weight excluding hydrogens is 230 g/mol. The highest BCUT2D eigenvalue weighted by Gasteiger charge is 2.11. The molecule has 0 aliphatic rings. The summed E-state index contributed by atoms with van der Waals surface area (Å²) in [7, 11) is 0. The Morgan fingerprint density at radius 1 is 1.17 bits per heavy atom. The molecule has 6 nitrogen and oxygen atoms in total. The number of hydrogen-bond donors (Lipinski definition) is 3. The zero-order chi connectivity index (χ0) is 13.0. The van der Waals surface area contributed by atoms with Gasteiger partial charge in [0.25, 0.3) is 0 Å². The van der Waals surface area contributed by atoms with Gasteiger partial charge >= 0.3 is 0 Å². The van der Waals surface area contributed by atoms with Gasteiger partial charge in [0.1, 0.15) is 5.69 Å². The summed E-state index contributed by atoms with van der Waals surface area (Å²) in [4.78, 5) is 8.01. The van der Waals surface area contributed by atoms with Gasteiger partial charge in [0, 0.05) is 5.69 Å². The van der Waals surface area contributed by atoms with Gasteiger partial charge in [-0.05, 0) is 19.1 Å². The zero-order valence-corrected chi connectivity index (χ0v) is 10.1. The van der Waals surface area contributed by atoms with Crippen LogP contribution in [0.5, 0.6) is 5.88 Å². The Balaban J connectivity index is 2.33. The smallest absolute Gasteiger partial charge is 0.244 e. The molecule has 0 fully saturated rings. The summed E-state index contributed by atoms with van der Waals surface area (Å²) in [5, 5.41) is 3.08. The van der Waals surface area contributed by atoms with E-state index >= 15 is 0 Å². The molecule has 6 heteroatoms. The third-order valence-electron chi connectivity index (χ3n) is 2.25. The second kappa shape index (κ2) is 5.22. The lowest BCUT2D eigenvalue weighted by Gasteiger charge is -2.12. The molecule has 2 rings (SSSR count). The number of hydrogen-bond acceptors (Lipinski definition) is 6. The quantitative estimate of drug-likeness (QED) is 0.759. The molecule has 0 spiro atoms. The second-order valence-corrected chi connectivity index (χ2v) is 3.57. The number of nitrogens with two attached hydrogens (primary N) is 2. The fourth-order valence-corrected chi connectivity index (χ4v) is 1.47. The molecule has 0 amide bonds. The van der Waals surface area contributed by atoms with Gasteiger partial charge in [-0.25, -0.2) is 0 Å². The Kier molecular flexibility index (Phi) is 3.47. The topological polar surface area (TPSA) is 99.1 Å². The Labute approximate surface area is 105 Å². The molecule has 0 aliphatic carbocycles. The maximum Gasteiger partial charge on any atom is 0.244 e. The molecule has 0 saturated carbocycles. The van der Waals surface area contributed by atoms with Crippen molar-refractivity contribution >= 4 is 23.1 Å². The van der Waals surface area contributed by atoms with Crippen molar-refractivity contribution in [1.82, 2.24) is 9.97 Å². The minimum Gasteiger partial charge on any atom is -0.476 e. The zero-order valence-electron chi connectivity index (χ0n) is 10.1. The van der Waals surface area contributed by atoms with Gasteiger partial charge in [0.15, 0.2) is 5.82 Å². The number of benzene rings is 1. The van der Waals surface area contributed by atoms with Crippen LogP contribution in [-0.4, -0.2) is 16.6 Å². The number of nitrogens with zero attached hydrogens (tertiary/aromatic N) is 2. The van der Waals surface area contributed by atoms with Crippen LogP contribution in [0.4, 0.5) is 23.1 Å². The van der Waals surface area contributed by atoms with Crippen molar-refractivity contribution in [3.05, 3.63) is 30.3 Å². The number of nitrogen functional groups attached to an aromatic ring is 2. The van der Waals surface area contributed by atoms with E-state index in [9.17, 15) is 0 Å². The SMILES string of the molecule is CCOc1nc(N)nc(Nc2ccccc2)c1N. The Hall–Kier alpha value is -2.50. The van der Waals surface area contributed by atoms with Crippen LogP contribution in [-0.2, 0) is 0 Å². The van der Waals surface area contributed by atoms with Crippen LogP contribution >= 0.6 is 0 Å². The molecular formula is C12H15N5O. The van der Waals surface area contributed by atoms with Crippen LogP contribution in [0, 0.1) is 0 Å². The van der Waals surface area contributed by atoms with Crippen LogP contribution in [0.15, 0.2) is 30.3 Å². The maximum atomic E-state index is 5.92. The van der Waals surface area contributed by atoms with Gasteiger partial charge in [-0.2, -0.15) is 9.97 Å². The Morgan fingerprint density at radius 3 is 2.56 bits per heavy atom. The fraction of sp³-hybridized carbons (Fsp3) is 0.167. The molecule has 0 saturated heterocycles. The maximum absolute atomic E-state index is 5.92. The van der Waals surface area contributed by atoms with Crippen LogP contribution in [0.3, 0.4) is 0 Å². The summed E-state index contributed by atoms with van der Waals surface area (Å²) in [5.41, 5.74) is 12.7. The summed E-state index contributed by atoms with van der Waals surface area (Å²) in [6, 6.07) is 9.55. The highest BCUT2D eigenvalue weighted by atomic mass is 16.5. The summed E-state index contributed by atoms with van der Waals surface area (Å²) >= 11 is 0. The largest absolute Gasteiger partial charge is 0.476 e. The number of aromatic nitrogens is 2.